The number of carbonyl (C=O) groups is 3. The van der Waals surface area contributed by atoms with Crippen molar-refractivity contribution < 1.29 is 19.1 Å². The highest BCUT2D eigenvalue weighted by Crippen LogP contribution is 2.68. The smallest absolute Gasteiger partial charge is 0.303 e. The topological polar surface area (TPSA) is 60.4 Å². The number of ketones is 2. The fourth-order valence-corrected chi connectivity index (χ4v) is 7.59. The molecule has 0 aliphatic heterocycles. The molecule has 4 nitrogen and oxygen atoms in total. The maximum absolute atomic E-state index is 12.9. The average Bonchev–Trinajstić information content (AvgIpc) is 2.83. The zero-order chi connectivity index (χ0) is 20.5. The number of hydrogen-bond donors (Lipinski definition) is 0. The molecule has 0 N–H and O–H groups in total. The molecule has 0 heterocycles. The Hall–Kier alpha value is -1.71. The van der Waals surface area contributed by atoms with E-state index < -0.39 is 5.60 Å². The predicted molar refractivity (Wildman–Crippen MR) is 106 cm³/mol. The number of hydrogen-bond acceptors (Lipinski definition) is 4. The van der Waals surface area contributed by atoms with Gasteiger partial charge < -0.3 is 4.74 Å². The van der Waals surface area contributed by atoms with Crippen LogP contribution in [-0.2, 0) is 19.1 Å². The SMILES string of the molecule is CC(=O)O[C@]1(C(C)=O)[C@@H](C)CC2C3C=CC4=CC(=O)CC[C@]4(C)C3CC[C@@]21C. The van der Waals surface area contributed by atoms with Crippen molar-refractivity contribution in [1.82, 2.24) is 0 Å². The van der Waals surface area contributed by atoms with Crippen LogP contribution < -0.4 is 0 Å². The van der Waals surface area contributed by atoms with E-state index in [4.69, 9.17) is 4.74 Å². The molecule has 0 radical (unpaired) electrons. The monoisotopic (exact) mass is 384 g/mol. The van der Waals surface area contributed by atoms with E-state index in [1.54, 1.807) is 6.92 Å². The molecule has 3 unspecified atom stereocenters. The van der Waals surface area contributed by atoms with Gasteiger partial charge in [0.15, 0.2) is 17.2 Å². The Balaban J connectivity index is 1.79. The number of rotatable bonds is 2. The standard InChI is InChI=1S/C24H32O4/c1-14-12-21-19-7-6-17-13-18(27)8-10-22(17,4)20(19)9-11-23(21,5)24(14,15(2)25)28-16(3)26/h6-7,13-14,19-21H,8-12H2,1-5H3/t14-,19?,20?,21?,22-,23-,24-/m0/s1. The summed E-state index contributed by atoms with van der Waals surface area (Å²) in [5.41, 5.74) is -0.169. The van der Waals surface area contributed by atoms with E-state index in [0.717, 1.165) is 25.7 Å². The number of fused-ring (bicyclic) bond motifs is 5. The average molecular weight is 385 g/mol. The summed E-state index contributed by atoms with van der Waals surface area (Å²) in [6.07, 6.45) is 10.6. The minimum atomic E-state index is -1.03. The van der Waals surface area contributed by atoms with Gasteiger partial charge in [0.1, 0.15) is 0 Å². The van der Waals surface area contributed by atoms with Gasteiger partial charge in [-0.25, -0.2) is 0 Å². The van der Waals surface area contributed by atoms with Crippen molar-refractivity contribution >= 4 is 17.5 Å². The first-order chi connectivity index (χ1) is 13.1. The van der Waals surface area contributed by atoms with Crippen LogP contribution in [-0.4, -0.2) is 23.1 Å². The summed E-state index contributed by atoms with van der Waals surface area (Å²) in [6.45, 7) is 9.56. The van der Waals surface area contributed by atoms with Crippen LogP contribution in [0, 0.1) is 34.5 Å². The molecule has 4 aliphatic carbocycles. The largest absolute Gasteiger partial charge is 0.450 e. The number of Topliss-reactive ketones (excluding diaryl/α,β-unsaturated/α-hetero) is 1. The second-order valence-corrected chi connectivity index (χ2v) is 10.1. The van der Waals surface area contributed by atoms with Crippen molar-refractivity contribution in [1.29, 1.82) is 0 Å². The minimum Gasteiger partial charge on any atom is -0.450 e. The Bertz CT molecular complexity index is 807. The molecule has 4 aliphatic rings. The van der Waals surface area contributed by atoms with Gasteiger partial charge in [0, 0.05) is 24.7 Å². The third-order valence-electron chi connectivity index (χ3n) is 8.88. The zero-order valence-electron chi connectivity index (χ0n) is 17.7. The molecular formula is C24H32O4. The molecule has 0 saturated heterocycles. The van der Waals surface area contributed by atoms with Gasteiger partial charge in [0.25, 0.3) is 0 Å². The van der Waals surface area contributed by atoms with Crippen molar-refractivity contribution in [2.45, 2.75) is 72.3 Å². The van der Waals surface area contributed by atoms with E-state index in [2.05, 4.69) is 32.9 Å². The van der Waals surface area contributed by atoms with Crippen molar-refractivity contribution in [3.05, 3.63) is 23.8 Å². The predicted octanol–water partition coefficient (Wildman–Crippen LogP) is 4.43. The molecule has 4 rings (SSSR count). The van der Waals surface area contributed by atoms with E-state index in [9.17, 15) is 14.4 Å². The Morgan fingerprint density at radius 1 is 1.14 bits per heavy atom. The molecule has 7 atom stereocenters. The molecule has 0 aromatic heterocycles. The van der Waals surface area contributed by atoms with Gasteiger partial charge in [0.05, 0.1) is 0 Å². The number of allylic oxidation sites excluding steroid dienone is 4. The third-order valence-corrected chi connectivity index (χ3v) is 8.88. The summed E-state index contributed by atoms with van der Waals surface area (Å²) < 4.78 is 5.90. The van der Waals surface area contributed by atoms with Crippen molar-refractivity contribution in [2.24, 2.45) is 34.5 Å². The van der Waals surface area contributed by atoms with Gasteiger partial charge in [0.2, 0.25) is 0 Å². The quantitative estimate of drug-likeness (QED) is 0.661. The molecule has 0 amide bonds. The van der Waals surface area contributed by atoms with Gasteiger partial charge in [-0.3, -0.25) is 14.4 Å². The number of esters is 1. The van der Waals surface area contributed by atoms with E-state index in [-0.39, 0.29) is 34.3 Å². The van der Waals surface area contributed by atoms with Gasteiger partial charge in [-0.15, -0.1) is 0 Å². The molecule has 2 fully saturated rings. The number of ether oxygens (including phenoxy) is 1. The van der Waals surface area contributed by atoms with Crippen LogP contribution in [0.3, 0.4) is 0 Å². The normalized spacial score (nSPS) is 46.9. The van der Waals surface area contributed by atoms with Crippen LogP contribution in [0.25, 0.3) is 0 Å². The summed E-state index contributed by atoms with van der Waals surface area (Å²) in [4.78, 5) is 36.9. The van der Waals surface area contributed by atoms with Gasteiger partial charge in [-0.1, -0.05) is 32.9 Å². The van der Waals surface area contributed by atoms with Crippen LogP contribution >= 0.6 is 0 Å². The summed E-state index contributed by atoms with van der Waals surface area (Å²) in [5, 5.41) is 0. The van der Waals surface area contributed by atoms with Gasteiger partial charge >= 0.3 is 5.97 Å². The van der Waals surface area contributed by atoms with E-state index in [1.165, 1.54) is 12.5 Å². The molecule has 0 bridgehead atoms. The number of carbonyl (C=O) groups excluding carboxylic acids is 3. The highest BCUT2D eigenvalue weighted by molar-refractivity contribution is 5.92. The van der Waals surface area contributed by atoms with E-state index >= 15 is 0 Å². The van der Waals surface area contributed by atoms with Crippen LogP contribution in [0.2, 0.25) is 0 Å². The first-order valence-corrected chi connectivity index (χ1v) is 10.7. The maximum Gasteiger partial charge on any atom is 0.303 e. The summed E-state index contributed by atoms with van der Waals surface area (Å²) in [7, 11) is 0. The second-order valence-electron chi connectivity index (χ2n) is 10.1. The highest BCUT2D eigenvalue weighted by Gasteiger charge is 2.70. The summed E-state index contributed by atoms with van der Waals surface area (Å²) >= 11 is 0. The fourth-order valence-electron chi connectivity index (χ4n) is 7.59. The minimum absolute atomic E-state index is 0.00808. The summed E-state index contributed by atoms with van der Waals surface area (Å²) in [5.74, 6) is 0.985. The first kappa shape index (κ1) is 19.6. The van der Waals surface area contributed by atoms with Gasteiger partial charge in [-0.05, 0) is 67.4 Å². The Morgan fingerprint density at radius 3 is 2.50 bits per heavy atom. The van der Waals surface area contributed by atoms with Crippen LogP contribution in [0.15, 0.2) is 23.8 Å². The van der Waals surface area contributed by atoms with Gasteiger partial charge in [-0.2, -0.15) is 0 Å². The van der Waals surface area contributed by atoms with Crippen LogP contribution in [0.5, 0.6) is 0 Å². The molecular weight excluding hydrogens is 352 g/mol. The molecule has 0 aromatic carbocycles. The molecule has 152 valence electrons. The third kappa shape index (κ3) is 2.32. The van der Waals surface area contributed by atoms with E-state index in [0.29, 0.717) is 24.2 Å². The lowest BCUT2D eigenvalue weighted by molar-refractivity contribution is -0.190. The first-order valence-electron chi connectivity index (χ1n) is 10.7. The van der Waals surface area contributed by atoms with Crippen LogP contribution in [0.1, 0.15) is 66.7 Å². The lowest BCUT2D eigenvalue weighted by atomic mass is 9.48. The molecule has 4 heteroatoms. The fraction of sp³-hybridized carbons (Fsp3) is 0.708. The maximum atomic E-state index is 12.9. The van der Waals surface area contributed by atoms with Crippen LogP contribution in [0.4, 0.5) is 0 Å². The molecule has 2 saturated carbocycles. The van der Waals surface area contributed by atoms with Crippen molar-refractivity contribution in [3.8, 4) is 0 Å². The second kappa shape index (κ2) is 6.14. The van der Waals surface area contributed by atoms with Crippen molar-refractivity contribution in [2.75, 3.05) is 0 Å². The summed E-state index contributed by atoms with van der Waals surface area (Å²) in [6, 6.07) is 0. The molecule has 0 spiro atoms. The van der Waals surface area contributed by atoms with Crippen molar-refractivity contribution in [3.63, 3.8) is 0 Å². The Morgan fingerprint density at radius 2 is 1.86 bits per heavy atom. The lowest BCUT2D eigenvalue weighted by Gasteiger charge is -2.57. The highest BCUT2D eigenvalue weighted by atomic mass is 16.6. The Labute approximate surface area is 167 Å². The Kier molecular flexibility index (Phi) is 4.30. The molecule has 0 aromatic rings. The lowest BCUT2D eigenvalue weighted by Crippen LogP contribution is -2.59. The molecule has 28 heavy (non-hydrogen) atoms. The zero-order valence-corrected chi connectivity index (χ0v) is 17.7. The van der Waals surface area contributed by atoms with E-state index in [1.807, 2.05) is 6.08 Å².